The van der Waals surface area contributed by atoms with Gasteiger partial charge in [0.1, 0.15) is 0 Å². The molecule has 0 aliphatic rings. The first-order valence-electron chi connectivity index (χ1n) is 12.7. The van der Waals surface area contributed by atoms with Crippen LogP contribution in [-0.4, -0.2) is 11.5 Å². The van der Waals surface area contributed by atoms with E-state index < -0.39 is 0 Å². The SMILES string of the molecule is O=C(C[C@H](c1ccccc1)[C@H](N=C(c1ccccc1)c1ccccc1)c1ccccc1)c1ccccc1. The Kier molecular flexibility index (Phi) is 7.78. The predicted octanol–water partition coefficient (Wildman–Crippen LogP) is 8.32. The average Bonchev–Trinajstić information content (AvgIpc) is 2.99. The fourth-order valence-corrected chi connectivity index (χ4v) is 4.75. The van der Waals surface area contributed by atoms with Gasteiger partial charge in [-0.1, -0.05) is 152 Å². The lowest BCUT2D eigenvalue weighted by Crippen LogP contribution is -2.17. The van der Waals surface area contributed by atoms with Crippen LogP contribution < -0.4 is 0 Å². The Bertz CT molecular complexity index is 1390. The van der Waals surface area contributed by atoms with Crippen molar-refractivity contribution >= 4 is 11.5 Å². The van der Waals surface area contributed by atoms with Crippen LogP contribution in [0, 0.1) is 0 Å². The van der Waals surface area contributed by atoms with Crippen LogP contribution in [0.5, 0.6) is 0 Å². The van der Waals surface area contributed by atoms with Crippen LogP contribution in [-0.2, 0) is 0 Å². The van der Waals surface area contributed by atoms with E-state index >= 15 is 0 Å². The van der Waals surface area contributed by atoms with E-state index in [1.807, 2.05) is 103 Å². The van der Waals surface area contributed by atoms with E-state index in [-0.39, 0.29) is 17.7 Å². The Morgan fingerprint density at radius 3 is 1.32 bits per heavy atom. The van der Waals surface area contributed by atoms with Gasteiger partial charge in [-0.2, -0.15) is 0 Å². The Morgan fingerprint density at radius 2 is 0.865 bits per heavy atom. The molecule has 0 unspecified atom stereocenters. The number of ketones is 1. The average molecular weight is 480 g/mol. The quantitative estimate of drug-likeness (QED) is 0.154. The van der Waals surface area contributed by atoms with Crippen molar-refractivity contribution < 1.29 is 4.79 Å². The number of hydrogen-bond acceptors (Lipinski definition) is 2. The Hall–Kier alpha value is -4.56. The van der Waals surface area contributed by atoms with E-state index in [1.165, 1.54) is 0 Å². The summed E-state index contributed by atoms with van der Waals surface area (Å²) in [5.74, 6) is -0.0229. The van der Waals surface area contributed by atoms with Crippen molar-refractivity contribution in [3.8, 4) is 0 Å². The van der Waals surface area contributed by atoms with Crippen molar-refractivity contribution in [2.75, 3.05) is 0 Å². The maximum Gasteiger partial charge on any atom is 0.163 e. The third-order valence-electron chi connectivity index (χ3n) is 6.61. The van der Waals surface area contributed by atoms with E-state index in [0.29, 0.717) is 6.42 Å². The first-order valence-corrected chi connectivity index (χ1v) is 12.7. The fourth-order valence-electron chi connectivity index (χ4n) is 4.75. The first kappa shape index (κ1) is 24.1. The molecule has 0 spiro atoms. The van der Waals surface area contributed by atoms with Gasteiger partial charge < -0.3 is 0 Å². The minimum atomic E-state index is -0.258. The standard InChI is InChI=1S/C35H29NO/c37-33(28-18-8-2-9-19-28)26-32(27-16-6-1-7-17-27)35(31-24-14-5-15-25-31)36-34(29-20-10-3-11-21-29)30-22-12-4-13-23-30/h1-25,32,35H,26H2/t32-,35-/m1/s1. The largest absolute Gasteiger partial charge is 0.294 e. The summed E-state index contributed by atoms with van der Waals surface area (Å²) in [7, 11) is 0. The molecule has 0 bridgehead atoms. The zero-order valence-corrected chi connectivity index (χ0v) is 20.7. The number of benzene rings is 5. The summed E-state index contributed by atoms with van der Waals surface area (Å²) in [5.41, 5.74) is 5.94. The smallest absolute Gasteiger partial charge is 0.163 e. The van der Waals surface area contributed by atoms with Gasteiger partial charge in [-0.05, 0) is 11.1 Å². The van der Waals surface area contributed by atoms with Crippen LogP contribution in [0.1, 0.15) is 51.0 Å². The molecule has 0 amide bonds. The molecule has 2 heteroatoms. The summed E-state index contributed by atoms with van der Waals surface area (Å²) in [6.07, 6.45) is 0.355. The summed E-state index contributed by atoms with van der Waals surface area (Å²) in [6, 6.07) is 50.5. The highest BCUT2D eigenvalue weighted by Crippen LogP contribution is 2.38. The van der Waals surface area contributed by atoms with Crippen LogP contribution >= 0.6 is 0 Å². The van der Waals surface area contributed by atoms with Gasteiger partial charge in [0.25, 0.3) is 0 Å². The molecule has 5 aromatic rings. The molecule has 37 heavy (non-hydrogen) atoms. The zero-order chi connectivity index (χ0) is 25.3. The van der Waals surface area contributed by atoms with Crippen molar-refractivity contribution in [2.24, 2.45) is 4.99 Å². The second-order valence-electron chi connectivity index (χ2n) is 9.08. The molecule has 180 valence electrons. The molecule has 0 heterocycles. The van der Waals surface area contributed by atoms with Crippen molar-refractivity contribution in [1.29, 1.82) is 0 Å². The lowest BCUT2D eigenvalue weighted by Gasteiger charge is -2.26. The molecular weight excluding hydrogens is 450 g/mol. The summed E-state index contributed by atoms with van der Waals surface area (Å²) < 4.78 is 0. The first-order chi connectivity index (χ1) is 18.3. The van der Waals surface area contributed by atoms with Crippen LogP contribution in [0.25, 0.3) is 0 Å². The van der Waals surface area contributed by atoms with Crippen LogP contribution in [0.4, 0.5) is 0 Å². The monoisotopic (exact) mass is 479 g/mol. The summed E-state index contributed by atoms with van der Waals surface area (Å²) in [6.45, 7) is 0. The van der Waals surface area contributed by atoms with Gasteiger partial charge in [0.2, 0.25) is 0 Å². The topological polar surface area (TPSA) is 29.4 Å². The number of aliphatic imine (C=N–C) groups is 1. The fraction of sp³-hybridized carbons (Fsp3) is 0.0857. The van der Waals surface area contributed by atoms with Gasteiger partial charge in [0, 0.05) is 29.0 Å². The second kappa shape index (κ2) is 11.9. The Morgan fingerprint density at radius 1 is 0.486 bits per heavy atom. The number of carbonyl (C=O) groups excluding carboxylic acids is 1. The molecule has 5 rings (SSSR count). The molecule has 0 aliphatic carbocycles. The van der Waals surface area contributed by atoms with Gasteiger partial charge in [-0.25, -0.2) is 0 Å². The molecule has 0 N–H and O–H groups in total. The van der Waals surface area contributed by atoms with E-state index in [4.69, 9.17) is 4.99 Å². The third-order valence-corrected chi connectivity index (χ3v) is 6.61. The van der Waals surface area contributed by atoms with Crippen molar-refractivity contribution in [3.05, 3.63) is 179 Å². The molecule has 0 saturated heterocycles. The molecule has 2 atom stereocenters. The van der Waals surface area contributed by atoms with Gasteiger partial charge in [-0.3, -0.25) is 9.79 Å². The van der Waals surface area contributed by atoms with Crippen molar-refractivity contribution in [2.45, 2.75) is 18.4 Å². The molecule has 0 aromatic heterocycles. The predicted molar refractivity (Wildman–Crippen MR) is 152 cm³/mol. The number of rotatable bonds is 9. The second-order valence-corrected chi connectivity index (χ2v) is 9.08. The van der Waals surface area contributed by atoms with E-state index in [9.17, 15) is 4.79 Å². The normalized spacial score (nSPS) is 12.3. The molecular formula is C35H29NO. The maximum absolute atomic E-state index is 13.5. The minimum Gasteiger partial charge on any atom is -0.294 e. The highest BCUT2D eigenvalue weighted by molar-refractivity contribution is 6.13. The van der Waals surface area contributed by atoms with Crippen LogP contribution in [0.3, 0.4) is 0 Å². The minimum absolute atomic E-state index is 0.117. The third kappa shape index (κ3) is 5.99. The number of carbonyl (C=O) groups is 1. The lowest BCUT2D eigenvalue weighted by atomic mass is 9.82. The maximum atomic E-state index is 13.5. The number of hydrogen-bond donors (Lipinski definition) is 0. The van der Waals surface area contributed by atoms with Crippen LogP contribution in [0.15, 0.2) is 157 Å². The molecule has 0 aliphatic heterocycles. The molecule has 0 fully saturated rings. The zero-order valence-electron chi connectivity index (χ0n) is 20.7. The van der Waals surface area contributed by atoms with Gasteiger partial charge in [0.05, 0.1) is 11.8 Å². The highest BCUT2D eigenvalue weighted by Gasteiger charge is 2.28. The van der Waals surface area contributed by atoms with Gasteiger partial charge >= 0.3 is 0 Å². The molecule has 5 aromatic carbocycles. The number of Topliss-reactive ketones (excluding diaryl/α,β-unsaturated/α-hetero) is 1. The summed E-state index contributed by atoms with van der Waals surface area (Å²) >= 11 is 0. The summed E-state index contributed by atoms with van der Waals surface area (Å²) in [4.78, 5) is 19.0. The number of nitrogens with zero attached hydrogens (tertiary/aromatic N) is 1. The van der Waals surface area contributed by atoms with E-state index in [0.717, 1.165) is 33.5 Å². The summed E-state index contributed by atoms with van der Waals surface area (Å²) in [5, 5.41) is 0. The van der Waals surface area contributed by atoms with Crippen molar-refractivity contribution in [1.82, 2.24) is 0 Å². The highest BCUT2D eigenvalue weighted by atomic mass is 16.1. The van der Waals surface area contributed by atoms with E-state index in [2.05, 4.69) is 48.5 Å². The molecule has 0 radical (unpaired) electrons. The van der Waals surface area contributed by atoms with Gasteiger partial charge in [-0.15, -0.1) is 0 Å². The lowest BCUT2D eigenvalue weighted by molar-refractivity contribution is 0.0969. The van der Waals surface area contributed by atoms with Crippen molar-refractivity contribution in [3.63, 3.8) is 0 Å². The van der Waals surface area contributed by atoms with Crippen LogP contribution in [0.2, 0.25) is 0 Å². The Labute approximate surface area is 219 Å². The molecule has 0 saturated carbocycles. The Balaban J connectivity index is 1.68. The van der Waals surface area contributed by atoms with E-state index in [1.54, 1.807) is 0 Å². The molecule has 2 nitrogen and oxygen atoms in total. The van der Waals surface area contributed by atoms with Gasteiger partial charge in [0.15, 0.2) is 5.78 Å².